The van der Waals surface area contributed by atoms with Crippen molar-refractivity contribution in [2.24, 2.45) is 5.73 Å². The Bertz CT molecular complexity index is 145. The molecule has 0 aromatic heterocycles. The van der Waals surface area contributed by atoms with E-state index in [9.17, 15) is 0 Å². The van der Waals surface area contributed by atoms with Gasteiger partial charge in [0.15, 0.2) is 0 Å². The summed E-state index contributed by atoms with van der Waals surface area (Å²) in [5, 5.41) is 0. The zero-order chi connectivity index (χ0) is 10.4. The van der Waals surface area contributed by atoms with Gasteiger partial charge in [-0.15, -0.1) is 0 Å². The first-order valence-electron chi connectivity index (χ1n) is 6.25. The maximum absolute atomic E-state index is 5.63. The molecule has 84 valence electrons. The highest BCUT2D eigenvalue weighted by molar-refractivity contribution is 4.80. The highest BCUT2D eigenvalue weighted by atomic mass is 15.2. The first-order valence-corrected chi connectivity index (χ1v) is 6.25. The molecule has 0 spiro atoms. The van der Waals surface area contributed by atoms with Gasteiger partial charge in [0, 0.05) is 12.1 Å². The Hall–Kier alpha value is -0.0800. The van der Waals surface area contributed by atoms with Crippen molar-refractivity contribution in [2.75, 3.05) is 13.1 Å². The minimum Gasteiger partial charge on any atom is -0.330 e. The lowest BCUT2D eigenvalue weighted by Gasteiger charge is -2.40. The van der Waals surface area contributed by atoms with Gasteiger partial charge >= 0.3 is 0 Å². The molecule has 0 saturated carbocycles. The first-order chi connectivity index (χ1) is 6.79. The van der Waals surface area contributed by atoms with Crippen molar-refractivity contribution in [2.45, 2.75) is 64.5 Å². The zero-order valence-electron chi connectivity index (χ0n) is 9.84. The number of rotatable bonds is 5. The first kappa shape index (κ1) is 12.0. The SMILES string of the molecule is CCCC1CCCCN1C(C)CCN. The molecular weight excluding hydrogens is 172 g/mol. The van der Waals surface area contributed by atoms with Crippen LogP contribution < -0.4 is 5.73 Å². The second-order valence-electron chi connectivity index (χ2n) is 4.60. The summed E-state index contributed by atoms with van der Waals surface area (Å²) in [5.41, 5.74) is 5.63. The lowest BCUT2D eigenvalue weighted by Crippen LogP contribution is -2.45. The van der Waals surface area contributed by atoms with Crippen molar-refractivity contribution in [3.05, 3.63) is 0 Å². The van der Waals surface area contributed by atoms with Gasteiger partial charge in [0.1, 0.15) is 0 Å². The molecule has 0 amide bonds. The molecule has 2 nitrogen and oxygen atoms in total. The summed E-state index contributed by atoms with van der Waals surface area (Å²) in [6, 6.07) is 1.53. The van der Waals surface area contributed by atoms with Crippen LogP contribution in [0.3, 0.4) is 0 Å². The molecule has 0 bridgehead atoms. The highest BCUT2D eigenvalue weighted by Crippen LogP contribution is 2.23. The minimum absolute atomic E-state index is 0.692. The van der Waals surface area contributed by atoms with E-state index in [4.69, 9.17) is 5.73 Å². The number of nitrogens with two attached hydrogens (primary N) is 1. The van der Waals surface area contributed by atoms with Crippen molar-refractivity contribution in [1.29, 1.82) is 0 Å². The molecule has 0 radical (unpaired) electrons. The quantitative estimate of drug-likeness (QED) is 0.735. The third-order valence-electron chi connectivity index (χ3n) is 3.45. The molecule has 2 heteroatoms. The summed E-state index contributed by atoms with van der Waals surface area (Å²) in [4.78, 5) is 2.69. The molecule has 1 heterocycles. The summed E-state index contributed by atoms with van der Waals surface area (Å²) in [5.74, 6) is 0. The van der Waals surface area contributed by atoms with Crippen LogP contribution in [0.5, 0.6) is 0 Å². The van der Waals surface area contributed by atoms with Gasteiger partial charge in [-0.2, -0.15) is 0 Å². The smallest absolute Gasteiger partial charge is 0.00979 e. The molecule has 1 aliphatic heterocycles. The van der Waals surface area contributed by atoms with Gasteiger partial charge in [-0.1, -0.05) is 19.8 Å². The van der Waals surface area contributed by atoms with Gasteiger partial charge < -0.3 is 5.73 Å². The fraction of sp³-hybridized carbons (Fsp3) is 1.00. The lowest BCUT2D eigenvalue weighted by atomic mass is 9.96. The van der Waals surface area contributed by atoms with Gasteiger partial charge in [0.2, 0.25) is 0 Å². The number of nitrogens with zero attached hydrogens (tertiary/aromatic N) is 1. The van der Waals surface area contributed by atoms with Crippen LogP contribution in [0.15, 0.2) is 0 Å². The normalized spacial score (nSPS) is 26.4. The minimum atomic E-state index is 0.692. The monoisotopic (exact) mass is 198 g/mol. The van der Waals surface area contributed by atoms with E-state index >= 15 is 0 Å². The van der Waals surface area contributed by atoms with Crippen molar-refractivity contribution in [3.63, 3.8) is 0 Å². The predicted octanol–water partition coefficient (Wildman–Crippen LogP) is 2.38. The van der Waals surface area contributed by atoms with Crippen LogP contribution in [-0.4, -0.2) is 30.1 Å². The van der Waals surface area contributed by atoms with Crippen LogP contribution in [0.1, 0.15) is 52.4 Å². The van der Waals surface area contributed by atoms with Gasteiger partial charge in [-0.05, 0) is 45.7 Å². The number of hydrogen-bond acceptors (Lipinski definition) is 2. The summed E-state index contributed by atoms with van der Waals surface area (Å²) in [6.07, 6.45) is 8.06. The average molecular weight is 198 g/mol. The Morgan fingerprint density at radius 3 is 2.86 bits per heavy atom. The Morgan fingerprint density at radius 1 is 1.43 bits per heavy atom. The summed E-state index contributed by atoms with van der Waals surface area (Å²) in [6.45, 7) is 6.75. The molecule has 2 atom stereocenters. The number of piperidine rings is 1. The van der Waals surface area contributed by atoms with Crippen molar-refractivity contribution < 1.29 is 0 Å². The molecule has 2 N–H and O–H groups in total. The third-order valence-corrected chi connectivity index (χ3v) is 3.45. The van der Waals surface area contributed by atoms with Crippen LogP contribution in [0.4, 0.5) is 0 Å². The molecule has 0 aliphatic carbocycles. The molecule has 2 unspecified atom stereocenters. The summed E-state index contributed by atoms with van der Waals surface area (Å²) in [7, 11) is 0. The molecule has 14 heavy (non-hydrogen) atoms. The number of hydrogen-bond donors (Lipinski definition) is 1. The topological polar surface area (TPSA) is 29.3 Å². The Balaban J connectivity index is 2.44. The highest BCUT2D eigenvalue weighted by Gasteiger charge is 2.24. The van der Waals surface area contributed by atoms with E-state index in [1.54, 1.807) is 0 Å². The van der Waals surface area contributed by atoms with Gasteiger partial charge in [0.05, 0.1) is 0 Å². The molecule has 1 aliphatic rings. The van der Waals surface area contributed by atoms with E-state index in [2.05, 4.69) is 18.7 Å². The maximum atomic E-state index is 5.63. The molecule has 0 aromatic rings. The molecular formula is C12H26N2. The largest absolute Gasteiger partial charge is 0.330 e. The van der Waals surface area contributed by atoms with Gasteiger partial charge in [-0.25, -0.2) is 0 Å². The fourth-order valence-electron chi connectivity index (χ4n) is 2.65. The predicted molar refractivity (Wildman–Crippen MR) is 62.4 cm³/mol. The molecule has 1 rings (SSSR count). The molecule has 1 saturated heterocycles. The van der Waals surface area contributed by atoms with E-state index in [1.807, 2.05) is 0 Å². The van der Waals surface area contributed by atoms with Gasteiger partial charge in [0.25, 0.3) is 0 Å². The fourth-order valence-corrected chi connectivity index (χ4v) is 2.65. The second kappa shape index (κ2) is 6.41. The van der Waals surface area contributed by atoms with E-state index in [1.165, 1.54) is 38.6 Å². The second-order valence-corrected chi connectivity index (χ2v) is 4.60. The van der Waals surface area contributed by atoms with Crippen molar-refractivity contribution >= 4 is 0 Å². The van der Waals surface area contributed by atoms with Crippen molar-refractivity contribution in [1.82, 2.24) is 4.90 Å². The van der Waals surface area contributed by atoms with Crippen LogP contribution in [0, 0.1) is 0 Å². The number of likely N-dealkylation sites (tertiary alicyclic amines) is 1. The Labute approximate surface area is 88.8 Å². The third kappa shape index (κ3) is 3.25. The van der Waals surface area contributed by atoms with Crippen LogP contribution in [0.25, 0.3) is 0 Å². The lowest BCUT2D eigenvalue weighted by molar-refractivity contribution is 0.0930. The Kier molecular flexibility index (Phi) is 5.49. The molecule has 0 aromatic carbocycles. The standard InChI is InChI=1S/C12H26N2/c1-3-6-12-7-4-5-10-14(12)11(2)8-9-13/h11-12H,3-10,13H2,1-2H3. The van der Waals surface area contributed by atoms with Crippen molar-refractivity contribution in [3.8, 4) is 0 Å². The van der Waals surface area contributed by atoms with Gasteiger partial charge in [-0.3, -0.25) is 4.90 Å². The van der Waals surface area contributed by atoms with E-state index in [-0.39, 0.29) is 0 Å². The van der Waals surface area contributed by atoms with Crippen LogP contribution in [0.2, 0.25) is 0 Å². The zero-order valence-corrected chi connectivity index (χ0v) is 9.84. The van der Waals surface area contributed by atoms with Crippen LogP contribution in [-0.2, 0) is 0 Å². The van der Waals surface area contributed by atoms with Crippen LogP contribution >= 0.6 is 0 Å². The maximum Gasteiger partial charge on any atom is 0.00979 e. The van der Waals surface area contributed by atoms with E-state index in [0.717, 1.165) is 19.0 Å². The van der Waals surface area contributed by atoms with E-state index < -0.39 is 0 Å². The average Bonchev–Trinajstić information content (AvgIpc) is 2.19. The van der Waals surface area contributed by atoms with E-state index in [0.29, 0.717) is 6.04 Å². The summed E-state index contributed by atoms with van der Waals surface area (Å²) < 4.78 is 0. The Morgan fingerprint density at radius 2 is 2.21 bits per heavy atom. The molecule has 1 fully saturated rings. The summed E-state index contributed by atoms with van der Waals surface area (Å²) >= 11 is 0.